The Hall–Kier alpha value is -2.23. The Morgan fingerprint density at radius 1 is 1.17 bits per heavy atom. The van der Waals surface area contributed by atoms with Crippen LogP contribution in [0.5, 0.6) is 5.75 Å². The molecule has 0 atom stereocenters. The highest BCUT2D eigenvalue weighted by molar-refractivity contribution is 6.33. The van der Waals surface area contributed by atoms with E-state index in [1.807, 2.05) is 30.3 Å². The minimum atomic E-state index is -0.439. The number of hydrogen-bond acceptors (Lipinski definition) is 3. The van der Waals surface area contributed by atoms with Gasteiger partial charge in [-0.05, 0) is 17.2 Å². The van der Waals surface area contributed by atoms with Gasteiger partial charge in [-0.3, -0.25) is 0 Å². The SMILES string of the molecule is C=C(Cl)COc1cc2oc(=O)cc(-c3ccccc3)c2cc1Cl. The maximum atomic E-state index is 11.9. The van der Waals surface area contributed by atoms with Crippen LogP contribution < -0.4 is 10.4 Å². The summed E-state index contributed by atoms with van der Waals surface area (Å²) in [4.78, 5) is 11.9. The Bertz CT molecular complexity index is 930. The fourth-order valence-electron chi connectivity index (χ4n) is 2.29. The van der Waals surface area contributed by atoms with Gasteiger partial charge >= 0.3 is 5.63 Å². The second-order valence-corrected chi connectivity index (χ2v) is 5.87. The van der Waals surface area contributed by atoms with Gasteiger partial charge in [-0.25, -0.2) is 4.79 Å². The highest BCUT2D eigenvalue weighted by atomic mass is 35.5. The molecule has 0 radical (unpaired) electrons. The van der Waals surface area contributed by atoms with Gasteiger partial charge in [0.25, 0.3) is 0 Å². The van der Waals surface area contributed by atoms with E-state index in [4.69, 9.17) is 32.4 Å². The van der Waals surface area contributed by atoms with E-state index in [2.05, 4.69) is 6.58 Å². The molecule has 0 amide bonds. The summed E-state index contributed by atoms with van der Waals surface area (Å²) in [7, 11) is 0. The minimum absolute atomic E-state index is 0.120. The molecule has 1 aromatic heterocycles. The van der Waals surface area contributed by atoms with Crippen molar-refractivity contribution in [3.63, 3.8) is 0 Å². The summed E-state index contributed by atoms with van der Waals surface area (Å²) < 4.78 is 10.7. The van der Waals surface area contributed by atoms with Gasteiger partial charge in [0, 0.05) is 22.6 Å². The maximum absolute atomic E-state index is 11.9. The molecule has 0 aliphatic rings. The normalized spacial score (nSPS) is 10.7. The van der Waals surface area contributed by atoms with Crippen molar-refractivity contribution < 1.29 is 9.15 Å². The molecule has 5 heteroatoms. The molecule has 1 heterocycles. The number of rotatable bonds is 4. The molecule has 3 rings (SSSR count). The number of fused-ring (bicyclic) bond motifs is 1. The van der Waals surface area contributed by atoms with E-state index in [-0.39, 0.29) is 6.61 Å². The molecule has 0 unspecified atom stereocenters. The zero-order chi connectivity index (χ0) is 16.4. The van der Waals surface area contributed by atoms with Crippen molar-refractivity contribution in [2.24, 2.45) is 0 Å². The van der Waals surface area contributed by atoms with Crippen LogP contribution in [0.4, 0.5) is 0 Å². The molecule has 23 heavy (non-hydrogen) atoms. The largest absolute Gasteiger partial charge is 0.486 e. The molecule has 0 N–H and O–H groups in total. The summed E-state index contributed by atoms with van der Waals surface area (Å²) in [5.74, 6) is 0.384. The minimum Gasteiger partial charge on any atom is -0.486 e. The number of benzene rings is 2. The monoisotopic (exact) mass is 346 g/mol. The molecule has 3 aromatic rings. The van der Waals surface area contributed by atoms with Crippen molar-refractivity contribution in [3.8, 4) is 16.9 Å². The number of halogens is 2. The lowest BCUT2D eigenvalue weighted by molar-refractivity contribution is 0.359. The zero-order valence-electron chi connectivity index (χ0n) is 12.0. The van der Waals surface area contributed by atoms with Crippen LogP contribution >= 0.6 is 23.2 Å². The van der Waals surface area contributed by atoms with Gasteiger partial charge in [0.1, 0.15) is 17.9 Å². The van der Waals surface area contributed by atoms with E-state index in [1.54, 1.807) is 12.1 Å². The molecule has 0 fully saturated rings. The first-order chi connectivity index (χ1) is 11.0. The van der Waals surface area contributed by atoms with Gasteiger partial charge in [0.15, 0.2) is 0 Å². The molecule has 2 aromatic carbocycles. The fourth-order valence-corrected chi connectivity index (χ4v) is 2.56. The lowest BCUT2D eigenvalue weighted by Crippen LogP contribution is -2.00. The van der Waals surface area contributed by atoms with Gasteiger partial charge < -0.3 is 9.15 Å². The summed E-state index contributed by atoms with van der Waals surface area (Å²) in [6, 6.07) is 14.3. The average Bonchev–Trinajstić information content (AvgIpc) is 2.53. The molecule has 0 aliphatic heterocycles. The van der Waals surface area contributed by atoms with Crippen LogP contribution in [0.25, 0.3) is 22.1 Å². The van der Waals surface area contributed by atoms with Gasteiger partial charge in [-0.15, -0.1) is 0 Å². The van der Waals surface area contributed by atoms with Gasteiger partial charge in [0.2, 0.25) is 0 Å². The molecule has 116 valence electrons. The molecular formula is C18H12Cl2O3. The third-order valence-corrected chi connectivity index (χ3v) is 3.67. The zero-order valence-corrected chi connectivity index (χ0v) is 13.5. The Morgan fingerprint density at radius 2 is 1.91 bits per heavy atom. The summed E-state index contributed by atoms with van der Waals surface area (Å²) in [5, 5.41) is 1.49. The van der Waals surface area contributed by atoms with E-state index in [0.29, 0.717) is 21.4 Å². The van der Waals surface area contributed by atoms with E-state index < -0.39 is 5.63 Å². The summed E-state index contributed by atoms with van der Waals surface area (Å²) >= 11 is 12.0. The third kappa shape index (κ3) is 3.41. The summed E-state index contributed by atoms with van der Waals surface area (Å²) in [6.45, 7) is 3.67. The molecular weight excluding hydrogens is 335 g/mol. The van der Waals surface area contributed by atoms with Crippen LogP contribution in [0, 0.1) is 0 Å². The second-order valence-electron chi connectivity index (χ2n) is 4.93. The molecule has 0 bridgehead atoms. The van der Waals surface area contributed by atoms with Crippen molar-refractivity contribution >= 4 is 34.2 Å². The van der Waals surface area contributed by atoms with Crippen molar-refractivity contribution in [1.29, 1.82) is 0 Å². The Morgan fingerprint density at radius 3 is 2.61 bits per heavy atom. The number of ether oxygens (including phenoxy) is 1. The standard InChI is InChI=1S/C18H12Cl2O3/c1-11(19)10-22-17-9-16-14(7-15(17)20)13(8-18(21)23-16)12-5-3-2-4-6-12/h2-9H,1,10H2. The Balaban J connectivity index is 2.18. The van der Waals surface area contributed by atoms with Crippen molar-refractivity contribution in [2.45, 2.75) is 0 Å². The third-order valence-electron chi connectivity index (χ3n) is 3.27. The molecule has 0 saturated carbocycles. The van der Waals surface area contributed by atoms with Gasteiger partial charge in [-0.1, -0.05) is 60.1 Å². The highest BCUT2D eigenvalue weighted by Crippen LogP contribution is 2.34. The Labute approximate surface area is 142 Å². The highest BCUT2D eigenvalue weighted by Gasteiger charge is 2.12. The second kappa shape index (κ2) is 6.49. The topological polar surface area (TPSA) is 39.4 Å². The Kier molecular flexibility index (Phi) is 4.42. The van der Waals surface area contributed by atoms with Crippen molar-refractivity contribution in [1.82, 2.24) is 0 Å². The predicted molar refractivity (Wildman–Crippen MR) is 93.4 cm³/mol. The lowest BCUT2D eigenvalue weighted by Gasteiger charge is -2.10. The first kappa shape index (κ1) is 15.7. The van der Waals surface area contributed by atoms with Gasteiger partial charge in [-0.2, -0.15) is 0 Å². The van der Waals surface area contributed by atoms with Crippen molar-refractivity contribution in [2.75, 3.05) is 6.61 Å². The van der Waals surface area contributed by atoms with Crippen LogP contribution in [0.2, 0.25) is 5.02 Å². The molecule has 3 nitrogen and oxygen atoms in total. The maximum Gasteiger partial charge on any atom is 0.336 e. The quantitative estimate of drug-likeness (QED) is 0.606. The lowest BCUT2D eigenvalue weighted by atomic mass is 10.0. The first-order valence-electron chi connectivity index (χ1n) is 6.83. The smallest absolute Gasteiger partial charge is 0.336 e. The van der Waals surface area contributed by atoms with Gasteiger partial charge in [0.05, 0.1) is 5.02 Å². The molecule has 0 aliphatic carbocycles. The van der Waals surface area contributed by atoms with Crippen LogP contribution in [-0.4, -0.2) is 6.61 Å². The van der Waals surface area contributed by atoms with Crippen LogP contribution in [0.1, 0.15) is 0 Å². The van der Waals surface area contributed by atoms with Crippen LogP contribution in [0.3, 0.4) is 0 Å². The van der Waals surface area contributed by atoms with E-state index in [1.165, 1.54) is 6.07 Å². The molecule has 0 spiro atoms. The average molecular weight is 347 g/mol. The fraction of sp³-hybridized carbons (Fsp3) is 0.0556. The van der Waals surface area contributed by atoms with E-state index >= 15 is 0 Å². The van der Waals surface area contributed by atoms with Crippen molar-refractivity contribution in [3.05, 3.63) is 75.6 Å². The molecule has 0 saturated heterocycles. The van der Waals surface area contributed by atoms with E-state index in [0.717, 1.165) is 16.5 Å². The van der Waals surface area contributed by atoms with Crippen LogP contribution in [-0.2, 0) is 0 Å². The summed E-state index contributed by atoms with van der Waals surface area (Å²) in [5.41, 5.74) is 1.62. The first-order valence-corrected chi connectivity index (χ1v) is 7.59. The van der Waals surface area contributed by atoms with E-state index in [9.17, 15) is 4.79 Å². The predicted octanol–water partition coefficient (Wildman–Crippen LogP) is 5.24. The van der Waals surface area contributed by atoms with Crippen LogP contribution in [0.15, 0.2) is 69.4 Å². The number of hydrogen-bond donors (Lipinski definition) is 0. The summed E-state index contributed by atoms with van der Waals surface area (Å²) in [6.07, 6.45) is 0.